The van der Waals surface area contributed by atoms with Crippen molar-refractivity contribution in [3.63, 3.8) is 0 Å². The molecule has 1 heterocycles. The molecule has 3 unspecified atom stereocenters. The van der Waals surface area contributed by atoms with E-state index in [0.717, 1.165) is 6.42 Å². The highest BCUT2D eigenvalue weighted by Crippen LogP contribution is 2.12. The summed E-state index contributed by atoms with van der Waals surface area (Å²) in [6, 6.07) is -0.0711. The van der Waals surface area contributed by atoms with Crippen molar-refractivity contribution in [2.24, 2.45) is 5.73 Å². The third kappa shape index (κ3) is 3.73. The lowest BCUT2D eigenvalue weighted by Gasteiger charge is -2.36. The maximum Gasteiger partial charge on any atom is 0.224 e. The second-order valence-electron chi connectivity index (χ2n) is 4.42. The number of ether oxygens (including phenoxy) is 1. The first-order valence-corrected chi connectivity index (χ1v) is 5.86. The van der Waals surface area contributed by atoms with Gasteiger partial charge in [-0.3, -0.25) is 4.79 Å². The molecule has 1 amide bonds. The Hall–Kier alpha value is -0.650. The van der Waals surface area contributed by atoms with Gasteiger partial charge in [0.15, 0.2) is 0 Å². The highest BCUT2D eigenvalue weighted by molar-refractivity contribution is 5.77. The first-order valence-electron chi connectivity index (χ1n) is 5.86. The average Bonchev–Trinajstić information content (AvgIpc) is 2.27. The van der Waals surface area contributed by atoms with E-state index in [1.165, 1.54) is 0 Å². The van der Waals surface area contributed by atoms with Crippen LogP contribution in [0.15, 0.2) is 0 Å². The van der Waals surface area contributed by atoms with E-state index in [4.69, 9.17) is 15.6 Å². The van der Waals surface area contributed by atoms with Crippen molar-refractivity contribution in [2.75, 3.05) is 19.7 Å². The normalized spacial score (nSPS) is 27.9. The van der Waals surface area contributed by atoms with Crippen molar-refractivity contribution >= 4 is 5.91 Å². The Balaban J connectivity index is 2.48. The van der Waals surface area contributed by atoms with E-state index in [0.29, 0.717) is 19.5 Å². The number of aliphatic hydroxyl groups is 1. The smallest absolute Gasteiger partial charge is 0.224 e. The molecule has 0 aliphatic carbocycles. The molecule has 16 heavy (non-hydrogen) atoms. The van der Waals surface area contributed by atoms with Crippen LogP contribution in [0, 0.1) is 0 Å². The molecule has 5 heteroatoms. The highest BCUT2D eigenvalue weighted by Gasteiger charge is 2.28. The fourth-order valence-corrected chi connectivity index (χ4v) is 1.85. The molecule has 0 aromatic heterocycles. The van der Waals surface area contributed by atoms with Crippen molar-refractivity contribution in [1.82, 2.24) is 4.90 Å². The number of nitrogens with zero attached hydrogens (tertiary/aromatic N) is 1. The van der Waals surface area contributed by atoms with Gasteiger partial charge >= 0.3 is 0 Å². The van der Waals surface area contributed by atoms with Crippen LogP contribution in [0.1, 0.15) is 26.7 Å². The number of aliphatic hydroxyl groups excluding tert-OH is 1. The van der Waals surface area contributed by atoms with Crippen LogP contribution in [0.2, 0.25) is 0 Å². The average molecular weight is 230 g/mol. The first kappa shape index (κ1) is 13.4. The summed E-state index contributed by atoms with van der Waals surface area (Å²) in [5.41, 5.74) is 5.75. The molecule has 0 bridgehead atoms. The van der Waals surface area contributed by atoms with Crippen molar-refractivity contribution in [2.45, 2.75) is 44.9 Å². The van der Waals surface area contributed by atoms with Crippen LogP contribution >= 0.6 is 0 Å². The van der Waals surface area contributed by atoms with Gasteiger partial charge < -0.3 is 20.5 Å². The number of morpholine rings is 1. The summed E-state index contributed by atoms with van der Waals surface area (Å²) in [7, 11) is 0. The number of nitrogens with two attached hydrogens (primary N) is 1. The van der Waals surface area contributed by atoms with E-state index in [1.807, 2.05) is 13.8 Å². The largest absolute Gasteiger partial charge is 0.394 e. The predicted octanol–water partition coefficient (Wildman–Crippen LogP) is -0.278. The zero-order valence-corrected chi connectivity index (χ0v) is 10.1. The lowest BCUT2D eigenvalue weighted by atomic mass is 10.1. The van der Waals surface area contributed by atoms with Crippen LogP contribution in [0.3, 0.4) is 0 Å². The highest BCUT2D eigenvalue weighted by atomic mass is 16.5. The minimum absolute atomic E-state index is 0.0206. The van der Waals surface area contributed by atoms with Crippen LogP contribution in [0.5, 0.6) is 0 Å². The van der Waals surface area contributed by atoms with Gasteiger partial charge in [-0.25, -0.2) is 0 Å². The third-order valence-corrected chi connectivity index (χ3v) is 2.84. The van der Waals surface area contributed by atoms with Gasteiger partial charge in [0.2, 0.25) is 5.91 Å². The Kier molecular flexibility index (Phi) is 5.18. The SMILES string of the molecule is CCC(N)CC(=O)N1CC(C)OC(CO)C1. The van der Waals surface area contributed by atoms with Crippen molar-refractivity contribution in [3.05, 3.63) is 0 Å². The van der Waals surface area contributed by atoms with Gasteiger partial charge in [0.25, 0.3) is 0 Å². The van der Waals surface area contributed by atoms with Crippen LogP contribution in [0.25, 0.3) is 0 Å². The standard InChI is InChI=1S/C11H22N2O3/c1-3-9(12)4-11(15)13-5-8(2)16-10(6-13)7-14/h8-10,14H,3-7,12H2,1-2H3. The quantitative estimate of drug-likeness (QED) is 0.696. The maximum atomic E-state index is 11.9. The number of amides is 1. The Morgan fingerprint density at radius 1 is 1.62 bits per heavy atom. The molecule has 3 N–H and O–H groups in total. The van der Waals surface area contributed by atoms with E-state index in [9.17, 15) is 4.79 Å². The molecule has 0 spiro atoms. The molecule has 1 aliphatic rings. The monoisotopic (exact) mass is 230 g/mol. The van der Waals surface area contributed by atoms with E-state index in [2.05, 4.69) is 0 Å². The van der Waals surface area contributed by atoms with Gasteiger partial charge in [0, 0.05) is 25.6 Å². The van der Waals surface area contributed by atoms with Gasteiger partial charge in [-0.05, 0) is 13.3 Å². The third-order valence-electron chi connectivity index (χ3n) is 2.84. The van der Waals surface area contributed by atoms with Gasteiger partial charge in [-0.15, -0.1) is 0 Å². The van der Waals surface area contributed by atoms with Crippen molar-refractivity contribution in [1.29, 1.82) is 0 Å². The lowest BCUT2D eigenvalue weighted by molar-refractivity contribution is -0.147. The molecule has 1 aliphatic heterocycles. The molecule has 0 aromatic rings. The number of hydrogen-bond acceptors (Lipinski definition) is 4. The number of carbonyl (C=O) groups excluding carboxylic acids is 1. The number of carbonyl (C=O) groups is 1. The van der Waals surface area contributed by atoms with Gasteiger partial charge in [0.05, 0.1) is 18.8 Å². The Labute approximate surface area is 96.6 Å². The second kappa shape index (κ2) is 6.18. The van der Waals surface area contributed by atoms with E-state index >= 15 is 0 Å². The molecule has 94 valence electrons. The number of rotatable bonds is 4. The Morgan fingerprint density at radius 2 is 2.31 bits per heavy atom. The first-order chi connectivity index (χ1) is 7.56. The minimum atomic E-state index is -0.259. The molecular formula is C11H22N2O3. The molecule has 5 nitrogen and oxygen atoms in total. The predicted molar refractivity (Wildman–Crippen MR) is 60.9 cm³/mol. The zero-order valence-electron chi connectivity index (χ0n) is 10.1. The molecular weight excluding hydrogens is 208 g/mol. The summed E-state index contributed by atoms with van der Waals surface area (Å²) >= 11 is 0. The van der Waals surface area contributed by atoms with Gasteiger partial charge in [0.1, 0.15) is 0 Å². The topological polar surface area (TPSA) is 75.8 Å². The van der Waals surface area contributed by atoms with E-state index < -0.39 is 0 Å². The lowest BCUT2D eigenvalue weighted by Crippen LogP contribution is -2.51. The van der Waals surface area contributed by atoms with Crippen LogP contribution < -0.4 is 5.73 Å². The molecule has 1 fully saturated rings. The Morgan fingerprint density at radius 3 is 2.88 bits per heavy atom. The van der Waals surface area contributed by atoms with E-state index in [-0.39, 0.29) is 30.8 Å². The van der Waals surface area contributed by atoms with Gasteiger partial charge in [-0.2, -0.15) is 0 Å². The summed E-state index contributed by atoms with van der Waals surface area (Å²) < 4.78 is 5.47. The fourth-order valence-electron chi connectivity index (χ4n) is 1.85. The molecule has 1 rings (SSSR count). The minimum Gasteiger partial charge on any atom is -0.394 e. The molecule has 0 saturated carbocycles. The van der Waals surface area contributed by atoms with Crippen molar-refractivity contribution in [3.8, 4) is 0 Å². The second-order valence-corrected chi connectivity index (χ2v) is 4.42. The molecule has 3 atom stereocenters. The van der Waals surface area contributed by atoms with Crippen LogP contribution in [-0.2, 0) is 9.53 Å². The zero-order chi connectivity index (χ0) is 12.1. The maximum absolute atomic E-state index is 11.9. The van der Waals surface area contributed by atoms with Crippen LogP contribution in [-0.4, -0.2) is 53.9 Å². The van der Waals surface area contributed by atoms with Gasteiger partial charge in [-0.1, -0.05) is 6.92 Å². The van der Waals surface area contributed by atoms with Crippen LogP contribution in [0.4, 0.5) is 0 Å². The summed E-state index contributed by atoms with van der Waals surface area (Å²) in [5, 5.41) is 9.05. The summed E-state index contributed by atoms with van der Waals surface area (Å²) in [6.45, 7) is 4.88. The fraction of sp³-hybridized carbons (Fsp3) is 0.909. The summed E-state index contributed by atoms with van der Waals surface area (Å²) in [4.78, 5) is 13.6. The molecule has 0 radical (unpaired) electrons. The summed E-state index contributed by atoms with van der Waals surface area (Å²) in [5.74, 6) is 0.0583. The summed E-state index contributed by atoms with van der Waals surface area (Å²) in [6.07, 6.45) is 0.898. The van der Waals surface area contributed by atoms with E-state index in [1.54, 1.807) is 4.90 Å². The molecule has 0 aromatic carbocycles. The molecule has 1 saturated heterocycles. The van der Waals surface area contributed by atoms with Crippen molar-refractivity contribution < 1.29 is 14.6 Å². The Bertz CT molecular complexity index is 235. The number of hydrogen-bond donors (Lipinski definition) is 2.